The Morgan fingerprint density at radius 1 is 1.39 bits per heavy atom. The summed E-state index contributed by atoms with van der Waals surface area (Å²) in [5.74, 6) is -0.322. The lowest BCUT2D eigenvalue weighted by Crippen LogP contribution is -2.47. The van der Waals surface area contributed by atoms with Gasteiger partial charge in [-0.25, -0.2) is 0 Å². The number of hydrogen-bond acceptors (Lipinski definition) is 4. The molecule has 1 aromatic rings. The molecule has 98 valence electrons. The molecule has 1 rings (SSSR count). The van der Waals surface area contributed by atoms with E-state index in [-0.39, 0.29) is 17.3 Å². The monoisotopic (exact) mass is 251 g/mol. The largest absolute Gasteiger partial charge is 0.319 e. The molecule has 0 spiro atoms. The Balaban J connectivity index is 3.05. The second-order valence-electron chi connectivity index (χ2n) is 4.61. The first-order valence-corrected chi connectivity index (χ1v) is 5.53. The van der Waals surface area contributed by atoms with Gasteiger partial charge in [0.25, 0.3) is 5.69 Å². The van der Waals surface area contributed by atoms with Crippen LogP contribution >= 0.6 is 0 Å². The molecule has 0 radical (unpaired) electrons. The molecule has 2 N–H and O–H groups in total. The summed E-state index contributed by atoms with van der Waals surface area (Å²) in [5.41, 5.74) is 0.0837. The molecule has 0 bridgehead atoms. The molecule has 1 aromatic carbocycles. The minimum atomic E-state index is -0.793. The number of amides is 1. The third-order valence-corrected chi connectivity index (χ3v) is 2.79. The molecule has 0 fully saturated rings. The quantitative estimate of drug-likeness (QED) is 0.631. The lowest BCUT2D eigenvalue weighted by molar-refractivity contribution is -0.384. The number of anilines is 1. The second kappa shape index (κ2) is 5.14. The number of nitrogens with one attached hydrogen (secondary N) is 2. The first-order chi connectivity index (χ1) is 8.27. The van der Waals surface area contributed by atoms with Crippen LogP contribution in [0.4, 0.5) is 11.4 Å². The SMILES string of the molecule is CNC(C)(C)C(=O)Nc1ccc(C)cc1[N+](=O)[O-]. The molecule has 0 aromatic heterocycles. The maximum absolute atomic E-state index is 11.9. The Morgan fingerprint density at radius 3 is 2.50 bits per heavy atom. The number of nitro benzene ring substituents is 1. The lowest BCUT2D eigenvalue weighted by Gasteiger charge is -2.22. The average molecular weight is 251 g/mol. The highest BCUT2D eigenvalue weighted by atomic mass is 16.6. The molecule has 6 nitrogen and oxygen atoms in total. The molecular formula is C12H17N3O3. The smallest absolute Gasteiger partial charge is 0.293 e. The van der Waals surface area contributed by atoms with Gasteiger partial charge in [-0.1, -0.05) is 6.07 Å². The van der Waals surface area contributed by atoms with E-state index in [4.69, 9.17) is 0 Å². The number of likely N-dealkylation sites (N-methyl/N-ethyl adjacent to an activating group) is 1. The van der Waals surface area contributed by atoms with Crippen molar-refractivity contribution in [1.82, 2.24) is 5.32 Å². The highest BCUT2D eigenvalue weighted by molar-refractivity contribution is 5.99. The Bertz CT molecular complexity index is 483. The molecule has 6 heteroatoms. The Labute approximate surface area is 106 Å². The molecule has 0 unspecified atom stereocenters. The van der Waals surface area contributed by atoms with Gasteiger partial charge in [0.1, 0.15) is 5.69 Å². The van der Waals surface area contributed by atoms with Crippen molar-refractivity contribution >= 4 is 17.3 Å². The van der Waals surface area contributed by atoms with E-state index in [1.165, 1.54) is 12.1 Å². The van der Waals surface area contributed by atoms with E-state index in [1.54, 1.807) is 33.9 Å². The highest BCUT2D eigenvalue weighted by Gasteiger charge is 2.27. The van der Waals surface area contributed by atoms with Crippen LogP contribution in [0.5, 0.6) is 0 Å². The van der Waals surface area contributed by atoms with Crippen LogP contribution in [-0.2, 0) is 4.79 Å². The number of carbonyl (C=O) groups excluding carboxylic acids is 1. The fourth-order valence-electron chi connectivity index (χ4n) is 1.29. The van der Waals surface area contributed by atoms with Gasteiger partial charge in [0, 0.05) is 6.07 Å². The summed E-state index contributed by atoms with van der Waals surface area (Å²) in [6.45, 7) is 5.15. The van der Waals surface area contributed by atoms with Crippen LogP contribution in [0.3, 0.4) is 0 Å². The average Bonchev–Trinajstić information content (AvgIpc) is 2.31. The van der Waals surface area contributed by atoms with Crippen molar-refractivity contribution in [1.29, 1.82) is 0 Å². The molecule has 0 aliphatic carbocycles. The molecule has 0 saturated carbocycles. The van der Waals surface area contributed by atoms with Crippen molar-refractivity contribution in [2.24, 2.45) is 0 Å². The van der Waals surface area contributed by atoms with Crippen molar-refractivity contribution < 1.29 is 9.72 Å². The number of carbonyl (C=O) groups is 1. The molecule has 0 aliphatic rings. The van der Waals surface area contributed by atoms with E-state index in [2.05, 4.69) is 10.6 Å². The predicted molar refractivity (Wildman–Crippen MR) is 69.6 cm³/mol. The second-order valence-corrected chi connectivity index (χ2v) is 4.61. The van der Waals surface area contributed by atoms with Crippen LogP contribution in [0.2, 0.25) is 0 Å². The zero-order valence-electron chi connectivity index (χ0n) is 10.9. The Hall–Kier alpha value is -1.95. The molecule has 0 heterocycles. The highest BCUT2D eigenvalue weighted by Crippen LogP contribution is 2.26. The van der Waals surface area contributed by atoms with E-state index in [1.807, 2.05) is 0 Å². The Morgan fingerprint density at radius 2 is 2.00 bits per heavy atom. The molecule has 18 heavy (non-hydrogen) atoms. The molecule has 0 atom stereocenters. The number of nitrogens with zero attached hydrogens (tertiary/aromatic N) is 1. The van der Waals surface area contributed by atoms with Gasteiger partial charge in [-0.3, -0.25) is 14.9 Å². The number of rotatable bonds is 4. The summed E-state index contributed by atoms with van der Waals surface area (Å²) in [4.78, 5) is 22.3. The van der Waals surface area contributed by atoms with Crippen molar-refractivity contribution in [2.45, 2.75) is 26.3 Å². The maximum atomic E-state index is 11.9. The van der Waals surface area contributed by atoms with Crippen LogP contribution in [0.1, 0.15) is 19.4 Å². The third-order valence-electron chi connectivity index (χ3n) is 2.79. The zero-order chi connectivity index (χ0) is 13.9. The van der Waals surface area contributed by atoms with Crippen LogP contribution in [0.15, 0.2) is 18.2 Å². The van der Waals surface area contributed by atoms with Crippen molar-refractivity contribution in [3.63, 3.8) is 0 Å². The lowest BCUT2D eigenvalue weighted by atomic mass is 10.0. The van der Waals surface area contributed by atoms with E-state index < -0.39 is 10.5 Å². The van der Waals surface area contributed by atoms with Gasteiger partial charge in [0.2, 0.25) is 5.91 Å². The minimum Gasteiger partial charge on any atom is -0.319 e. The fraction of sp³-hybridized carbons (Fsp3) is 0.417. The van der Waals surface area contributed by atoms with Gasteiger partial charge in [-0.15, -0.1) is 0 Å². The topological polar surface area (TPSA) is 84.3 Å². The Kier molecular flexibility index (Phi) is 4.03. The van der Waals surface area contributed by atoms with Gasteiger partial charge in [-0.05, 0) is 39.4 Å². The summed E-state index contributed by atoms with van der Waals surface area (Å²) in [5, 5.41) is 16.3. The predicted octanol–water partition coefficient (Wildman–Crippen LogP) is 1.84. The fourth-order valence-corrected chi connectivity index (χ4v) is 1.29. The van der Waals surface area contributed by atoms with E-state index in [0.717, 1.165) is 5.56 Å². The van der Waals surface area contributed by atoms with E-state index >= 15 is 0 Å². The van der Waals surface area contributed by atoms with Crippen LogP contribution in [0.25, 0.3) is 0 Å². The van der Waals surface area contributed by atoms with Gasteiger partial charge < -0.3 is 10.6 Å². The van der Waals surface area contributed by atoms with Crippen LogP contribution < -0.4 is 10.6 Å². The molecule has 1 amide bonds. The summed E-state index contributed by atoms with van der Waals surface area (Å²) in [7, 11) is 1.66. The van der Waals surface area contributed by atoms with Crippen LogP contribution in [-0.4, -0.2) is 23.4 Å². The first kappa shape index (κ1) is 14.1. The van der Waals surface area contributed by atoms with Crippen LogP contribution in [0, 0.1) is 17.0 Å². The van der Waals surface area contributed by atoms with Gasteiger partial charge in [-0.2, -0.15) is 0 Å². The van der Waals surface area contributed by atoms with Crippen molar-refractivity contribution in [3.05, 3.63) is 33.9 Å². The van der Waals surface area contributed by atoms with Gasteiger partial charge >= 0.3 is 0 Å². The van der Waals surface area contributed by atoms with Crippen molar-refractivity contribution in [3.8, 4) is 0 Å². The number of aryl methyl sites for hydroxylation is 1. The summed E-state index contributed by atoms with van der Waals surface area (Å²) >= 11 is 0. The third kappa shape index (κ3) is 3.04. The standard InChI is InChI=1S/C12H17N3O3/c1-8-5-6-9(10(7-8)15(17)18)14-11(16)12(2,3)13-4/h5-7,13H,1-4H3,(H,14,16). The number of benzene rings is 1. The molecular weight excluding hydrogens is 234 g/mol. The van der Waals surface area contributed by atoms with Gasteiger partial charge in [0.15, 0.2) is 0 Å². The molecule has 0 saturated heterocycles. The maximum Gasteiger partial charge on any atom is 0.293 e. The minimum absolute atomic E-state index is 0.102. The van der Waals surface area contributed by atoms with E-state index in [0.29, 0.717) is 0 Å². The van der Waals surface area contributed by atoms with E-state index in [9.17, 15) is 14.9 Å². The van der Waals surface area contributed by atoms with Crippen molar-refractivity contribution in [2.75, 3.05) is 12.4 Å². The first-order valence-electron chi connectivity index (χ1n) is 5.53. The molecule has 0 aliphatic heterocycles. The normalized spacial score (nSPS) is 11.1. The number of nitro groups is 1. The zero-order valence-corrected chi connectivity index (χ0v) is 10.9. The number of hydrogen-bond donors (Lipinski definition) is 2. The summed E-state index contributed by atoms with van der Waals surface area (Å²) in [6, 6.07) is 4.69. The summed E-state index contributed by atoms with van der Waals surface area (Å²) < 4.78 is 0. The summed E-state index contributed by atoms with van der Waals surface area (Å²) in [6.07, 6.45) is 0. The van der Waals surface area contributed by atoms with Gasteiger partial charge in [0.05, 0.1) is 10.5 Å².